The van der Waals surface area contributed by atoms with Crippen molar-refractivity contribution in [2.75, 3.05) is 6.61 Å². The summed E-state index contributed by atoms with van der Waals surface area (Å²) in [6, 6.07) is 12.2. The molecule has 0 aliphatic rings. The summed E-state index contributed by atoms with van der Waals surface area (Å²) in [5.74, 6) is -0.464. The number of hydrogen-bond donors (Lipinski definition) is 3. The SMILES string of the molecule is Cc1ccc(C(=N)OC(=N)COc2ccc(OC(C)(C)C(=O)O)c(C)c2)cc1. The van der Waals surface area contributed by atoms with E-state index in [0.717, 1.165) is 5.56 Å². The van der Waals surface area contributed by atoms with Crippen LogP contribution in [-0.2, 0) is 9.53 Å². The molecule has 0 saturated heterocycles. The van der Waals surface area contributed by atoms with Gasteiger partial charge < -0.3 is 19.3 Å². The third kappa shape index (κ3) is 5.57. The van der Waals surface area contributed by atoms with Crippen molar-refractivity contribution in [1.29, 1.82) is 10.8 Å². The van der Waals surface area contributed by atoms with Crippen LogP contribution in [-0.4, -0.2) is 35.1 Å². The second-order valence-electron chi connectivity index (χ2n) is 6.85. The van der Waals surface area contributed by atoms with Crippen molar-refractivity contribution in [1.82, 2.24) is 0 Å². The standard InChI is InChI=1S/C21H24N2O5/c1-13-5-7-15(8-6-13)19(23)27-18(22)12-26-16-9-10-17(14(2)11-16)28-21(3,4)20(24)25/h5-11,22-23H,12H2,1-4H3,(H,24,25). The Hall–Kier alpha value is -3.35. The first kappa shape index (κ1) is 21.0. The highest BCUT2D eigenvalue weighted by molar-refractivity contribution is 5.99. The Morgan fingerprint density at radius 2 is 1.71 bits per heavy atom. The van der Waals surface area contributed by atoms with Crippen molar-refractivity contribution in [2.45, 2.75) is 33.3 Å². The van der Waals surface area contributed by atoms with Crippen LogP contribution in [0, 0.1) is 24.7 Å². The van der Waals surface area contributed by atoms with Crippen LogP contribution in [0.1, 0.15) is 30.5 Å². The van der Waals surface area contributed by atoms with Gasteiger partial charge in [-0.2, -0.15) is 0 Å². The van der Waals surface area contributed by atoms with Gasteiger partial charge in [0.25, 0.3) is 0 Å². The van der Waals surface area contributed by atoms with E-state index in [4.69, 9.17) is 30.1 Å². The number of hydrogen-bond acceptors (Lipinski definition) is 6. The summed E-state index contributed by atoms with van der Waals surface area (Å²) in [5, 5.41) is 24.9. The van der Waals surface area contributed by atoms with Crippen molar-refractivity contribution in [2.24, 2.45) is 0 Å². The quantitative estimate of drug-likeness (QED) is 0.494. The normalized spacial score (nSPS) is 10.9. The summed E-state index contributed by atoms with van der Waals surface area (Å²) in [6.07, 6.45) is 0. The fourth-order valence-electron chi connectivity index (χ4n) is 2.21. The molecule has 0 unspecified atom stereocenters. The summed E-state index contributed by atoms with van der Waals surface area (Å²) in [7, 11) is 0. The van der Waals surface area contributed by atoms with Gasteiger partial charge in [0.2, 0.25) is 11.8 Å². The minimum atomic E-state index is -1.35. The van der Waals surface area contributed by atoms with Crippen LogP contribution in [0.25, 0.3) is 0 Å². The number of aryl methyl sites for hydroxylation is 2. The van der Waals surface area contributed by atoms with Gasteiger partial charge in [0.1, 0.15) is 11.5 Å². The predicted molar refractivity (Wildman–Crippen MR) is 106 cm³/mol. The Bertz CT molecular complexity index is 888. The number of ether oxygens (including phenoxy) is 3. The molecule has 7 nitrogen and oxygen atoms in total. The van der Waals surface area contributed by atoms with Gasteiger partial charge in [0, 0.05) is 5.56 Å². The molecule has 0 radical (unpaired) electrons. The van der Waals surface area contributed by atoms with Gasteiger partial charge in [-0.3, -0.25) is 10.8 Å². The van der Waals surface area contributed by atoms with Crippen molar-refractivity contribution < 1.29 is 24.1 Å². The molecule has 2 aromatic carbocycles. The number of rotatable bonds is 7. The van der Waals surface area contributed by atoms with Crippen LogP contribution in [0.3, 0.4) is 0 Å². The Morgan fingerprint density at radius 3 is 2.29 bits per heavy atom. The molecular weight excluding hydrogens is 360 g/mol. The number of benzene rings is 2. The molecule has 7 heteroatoms. The number of carboxylic acids is 1. The molecule has 0 heterocycles. The van der Waals surface area contributed by atoms with E-state index in [1.54, 1.807) is 37.3 Å². The Balaban J connectivity index is 1.92. The van der Waals surface area contributed by atoms with Gasteiger partial charge in [-0.05, 0) is 63.6 Å². The maximum atomic E-state index is 11.2. The topological polar surface area (TPSA) is 113 Å². The molecular formula is C21H24N2O5. The molecule has 0 aliphatic heterocycles. The average Bonchev–Trinajstić information content (AvgIpc) is 2.62. The summed E-state index contributed by atoms with van der Waals surface area (Å²) in [4.78, 5) is 11.2. The van der Waals surface area contributed by atoms with Crippen molar-refractivity contribution in [3.63, 3.8) is 0 Å². The monoisotopic (exact) mass is 384 g/mol. The largest absolute Gasteiger partial charge is 0.484 e. The molecule has 0 atom stereocenters. The zero-order valence-electron chi connectivity index (χ0n) is 16.3. The summed E-state index contributed by atoms with van der Waals surface area (Å²) in [5.41, 5.74) is 1.00. The van der Waals surface area contributed by atoms with Crippen LogP contribution < -0.4 is 9.47 Å². The Kier molecular flexibility index (Phi) is 6.41. The summed E-state index contributed by atoms with van der Waals surface area (Å²) < 4.78 is 16.2. The van der Waals surface area contributed by atoms with Crippen LogP contribution in [0.5, 0.6) is 11.5 Å². The first-order valence-electron chi connectivity index (χ1n) is 8.65. The zero-order valence-corrected chi connectivity index (χ0v) is 16.3. The highest BCUT2D eigenvalue weighted by atomic mass is 16.5. The molecule has 28 heavy (non-hydrogen) atoms. The number of carboxylic acid groups (broad SMARTS) is 1. The van der Waals surface area contributed by atoms with Crippen LogP contribution in [0.2, 0.25) is 0 Å². The van der Waals surface area contributed by atoms with E-state index in [9.17, 15) is 4.79 Å². The number of carbonyl (C=O) groups is 1. The molecule has 0 fully saturated rings. The van der Waals surface area contributed by atoms with Crippen molar-refractivity contribution in [3.8, 4) is 11.5 Å². The molecule has 2 aromatic rings. The second-order valence-corrected chi connectivity index (χ2v) is 6.85. The molecule has 0 saturated carbocycles. The zero-order chi connectivity index (χ0) is 20.9. The van der Waals surface area contributed by atoms with Crippen LogP contribution >= 0.6 is 0 Å². The molecule has 2 rings (SSSR count). The fraction of sp³-hybridized carbons (Fsp3) is 0.286. The minimum Gasteiger partial charge on any atom is -0.484 e. The molecule has 0 aromatic heterocycles. The molecule has 0 spiro atoms. The summed E-state index contributed by atoms with van der Waals surface area (Å²) in [6.45, 7) is 6.52. The number of nitrogens with one attached hydrogen (secondary N) is 2. The molecule has 3 N–H and O–H groups in total. The van der Waals surface area contributed by atoms with Crippen molar-refractivity contribution >= 4 is 17.8 Å². The third-order valence-corrected chi connectivity index (χ3v) is 3.94. The predicted octanol–water partition coefficient (Wildman–Crippen LogP) is 3.94. The maximum Gasteiger partial charge on any atom is 0.347 e. The van der Waals surface area contributed by atoms with Gasteiger partial charge in [0.05, 0.1) is 0 Å². The van der Waals surface area contributed by atoms with Crippen molar-refractivity contribution in [3.05, 3.63) is 59.2 Å². The third-order valence-electron chi connectivity index (χ3n) is 3.94. The molecule has 148 valence electrons. The lowest BCUT2D eigenvalue weighted by Crippen LogP contribution is -2.38. The highest BCUT2D eigenvalue weighted by Crippen LogP contribution is 2.27. The lowest BCUT2D eigenvalue weighted by atomic mass is 10.1. The fourth-order valence-corrected chi connectivity index (χ4v) is 2.21. The highest BCUT2D eigenvalue weighted by Gasteiger charge is 2.29. The maximum absolute atomic E-state index is 11.2. The van der Waals surface area contributed by atoms with Crippen LogP contribution in [0.4, 0.5) is 0 Å². The van der Waals surface area contributed by atoms with E-state index in [1.807, 2.05) is 19.1 Å². The first-order valence-corrected chi connectivity index (χ1v) is 8.65. The minimum absolute atomic E-state index is 0.121. The van der Waals surface area contributed by atoms with Gasteiger partial charge in [-0.15, -0.1) is 0 Å². The Labute approximate surface area is 163 Å². The first-order chi connectivity index (χ1) is 13.1. The lowest BCUT2D eigenvalue weighted by molar-refractivity contribution is -0.152. The van der Waals surface area contributed by atoms with E-state index in [1.165, 1.54) is 13.8 Å². The van der Waals surface area contributed by atoms with E-state index in [0.29, 0.717) is 22.6 Å². The van der Waals surface area contributed by atoms with E-state index in [-0.39, 0.29) is 18.4 Å². The van der Waals surface area contributed by atoms with Gasteiger partial charge in [0.15, 0.2) is 12.2 Å². The van der Waals surface area contributed by atoms with Crippen LogP contribution in [0.15, 0.2) is 42.5 Å². The van der Waals surface area contributed by atoms with E-state index >= 15 is 0 Å². The second kappa shape index (κ2) is 8.56. The van der Waals surface area contributed by atoms with E-state index in [2.05, 4.69) is 0 Å². The molecule has 0 aliphatic carbocycles. The van der Waals surface area contributed by atoms with E-state index < -0.39 is 11.6 Å². The van der Waals surface area contributed by atoms with Gasteiger partial charge >= 0.3 is 5.97 Å². The molecule has 0 amide bonds. The molecule has 0 bridgehead atoms. The lowest BCUT2D eigenvalue weighted by Gasteiger charge is -2.23. The number of aliphatic carboxylic acids is 1. The van der Waals surface area contributed by atoms with Gasteiger partial charge in [-0.1, -0.05) is 17.7 Å². The smallest absolute Gasteiger partial charge is 0.347 e. The summed E-state index contributed by atoms with van der Waals surface area (Å²) >= 11 is 0. The Morgan fingerprint density at radius 1 is 1.07 bits per heavy atom. The average molecular weight is 384 g/mol. The van der Waals surface area contributed by atoms with Gasteiger partial charge in [-0.25, -0.2) is 4.79 Å².